The minimum atomic E-state index is -0.0911. The summed E-state index contributed by atoms with van der Waals surface area (Å²) in [5, 5.41) is 0. The molecule has 3 heterocycles. The fourth-order valence-corrected chi connectivity index (χ4v) is 5.51. The molecular formula is C23H34N2O3S. The largest absolute Gasteiger partial charge is 0.486 e. The van der Waals surface area contributed by atoms with Gasteiger partial charge in [-0.3, -0.25) is 4.79 Å². The highest BCUT2D eigenvalue weighted by molar-refractivity contribution is 7.99. The number of aromatic nitrogens is 1. The highest BCUT2D eigenvalue weighted by Crippen LogP contribution is 2.57. The van der Waals surface area contributed by atoms with Crippen LogP contribution in [0.4, 0.5) is 5.82 Å². The third kappa shape index (κ3) is 4.84. The van der Waals surface area contributed by atoms with Crippen molar-refractivity contribution in [1.29, 1.82) is 0 Å². The van der Waals surface area contributed by atoms with Crippen molar-refractivity contribution in [2.45, 2.75) is 76.2 Å². The number of unbranched alkanes of at least 4 members (excludes halogenated alkanes) is 1. The maximum Gasteiger partial charge on any atom is 0.306 e. The average Bonchev–Trinajstić information content (AvgIpc) is 3.37. The second kappa shape index (κ2) is 9.15. The maximum absolute atomic E-state index is 12.2. The minimum absolute atomic E-state index is 0.0911. The summed E-state index contributed by atoms with van der Waals surface area (Å²) < 4.78 is 11.7. The summed E-state index contributed by atoms with van der Waals surface area (Å²) in [7, 11) is 0. The lowest BCUT2D eigenvalue weighted by molar-refractivity contribution is -0.144. The molecule has 1 aliphatic carbocycles. The van der Waals surface area contributed by atoms with Crippen molar-refractivity contribution < 1.29 is 14.3 Å². The van der Waals surface area contributed by atoms with E-state index in [1.807, 2.05) is 12.3 Å². The second-order valence-corrected chi connectivity index (χ2v) is 10.1. The molecule has 0 N–H and O–H groups in total. The Balaban J connectivity index is 1.27. The third-order valence-electron chi connectivity index (χ3n) is 6.70. The van der Waals surface area contributed by atoms with Gasteiger partial charge in [0.25, 0.3) is 0 Å². The van der Waals surface area contributed by atoms with Crippen LogP contribution in [0.1, 0.15) is 65.2 Å². The Morgan fingerprint density at radius 1 is 1.45 bits per heavy atom. The van der Waals surface area contributed by atoms with Crippen LogP contribution in [0, 0.1) is 11.3 Å². The van der Waals surface area contributed by atoms with Crippen molar-refractivity contribution in [3.05, 3.63) is 12.3 Å². The number of esters is 1. The number of hydrogen-bond acceptors (Lipinski definition) is 6. The fourth-order valence-electron chi connectivity index (χ4n) is 4.58. The van der Waals surface area contributed by atoms with Gasteiger partial charge in [-0.15, -0.1) is 11.8 Å². The minimum Gasteiger partial charge on any atom is -0.486 e. The highest BCUT2D eigenvalue weighted by atomic mass is 32.2. The van der Waals surface area contributed by atoms with Crippen molar-refractivity contribution in [2.24, 2.45) is 11.3 Å². The summed E-state index contributed by atoms with van der Waals surface area (Å²) in [6.07, 6.45) is 10.9. The standard InChI is InChI=1S/C23H34N2O3S/c1-3-5-6-17(4-2)14-27-20(26)8-12-29-19-7-11-24-22-21(19)28-15-18-13-23(9-10-23)16-25(18)22/h7,11,17-18H,3-6,8-10,12-16H2,1-2H3/t17?,18-/m0/s1. The number of fused-ring (bicyclic) bond motifs is 3. The van der Waals surface area contributed by atoms with Gasteiger partial charge in [-0.2, -0.15) is 0 Å². The zero-order chi connectivity index (χ0) is 20.3. The molecule has 0 bridgehead atoms. The molecule has 5 nitrogen and oxygen atoms in total. The van der Waals surface area contributed by atoms with Crippen LogP contribution in [-0.4, -0.2) is 42.5 Å². The molecule has 6 heteroatoms. The van der Waals surface area contributed by atoms with Crippen LogP contribution in [0.2, 0.25) is 0 Å². The van der Waals surface area contributed by atoms with Crippen molar-refractivity contribution in [2.75, 3.05) is 30.4 Å². The quantitative estimate of drug-likeness (QED) is 0.390. The number of hydrogen-bond donors (Lipinski definition) is 0. The molecule has 2 fully saturated rings. The first-order chi connectivity index (χ1) is 14.1. The van der Waals surface area contributed by atoms with Gasteiger partial charge < -0.3 is 14.4 Å². The van der Waals surface area contributed by atoms with E-state index in [4.69, 9.17) is 9.47 Å². The molecule has 1 saturated heterocycles. The van der Waals surface area contributed by atoms with Crippen LogP contribution < -0.4 is 9.64 Å². The zero-order valence-corrected chi connectivity index (χ0v) is 18.6. The van der Waals surface area contributed by atoms with Crippen LogP contribution in [-0.2, 0) is 9.53 Å². The number of nitrogens with zero attached hydrogens (tertiary/aromatic N) is 2. The van der Waals surface area contributed by atoms with Gasteiger partial charge in [0.05, 0.1) is 24.0 Å². The zero-order valence-electron chi connectivity index (χ0n) is 17.8. The van der Waals surface area contributed by atoms with E-state index in [2.05, 4.69) is 23.7 Å². The first-order valence-electron chi connectivity index (χ1n) is 11.3. The number of anilines is 1. The van der Waals surface area contributed by atoms with Gasteiger partial charge in [0, 0.05) is 18.5 Å². The summed E-state index contributed by atoms with van der Waals surface area (Å²) in [6, 6.07) is 2.49. The Morgan fingerprint density at radius 3 is 3.07 bits per heavy atom. The van der Waals surface area contributed by atoms with E-state index in [0.29, 0.717) is 36.2 Å². The van der Waals surface area contributed by atoms with Crippen LogP contribution in [0.25, 0.3) is 0 Å². The van der Waals surface area contributed by atoms with E-state index >= 15 is 0 Å². The first kappa shape index (κ1) is 20.8. The summed E-state index contributed by atoms with van der Waals surface area (Å²) in [5.41, 5.74) is 0.539. The molecule has 160 valence electrons. The molecule has 4 rings (SSSR count). The predicted octanol–water partition coefficient (Wildman–Crippen LogP) is 5.07. The van der Waals surface area contributed by atoms with Crippen LogP contribution in [0.3, 0.4) is 0 Å². The summed E-state index contributed by atoms with van der Waals surface area (Å²) in [6.45, 7) is 6.81. The molecule has 3 aliphatic rings. The summed E-state index contributed by atoms with van der Waals surface area (Å²) in [5.74, 6) is 3.02. The summed E-state index contributed by atoms with van der Waals surface area (Å²) in [4.78, 5) is 20.3. The maximum atomic E-state index is 12.2. The van der Waals surface area contributed by atoms with E-state index in [9.17, 15) is 4.79 Å². The van der Waals surface area contributed by atoms with Crippen molar-refractivity contribution in [3.8, 4) is 5.75 Å². The Kier molecular flexibility index (Phi) is 6.57. The number of ether oxygens (including phenoxy) is 2. The van der Waals surface area contributed by atoms with Crippen LogP contribution in [0.15, 0.2) is 17.2 Å². The number of thioether (sulfide) groups is 1. The lowest BCUT2D eigenvalue weighted by atomic mass is 10.0. The molecular weight excluding hydrogens is 384 g/mol. The number of carbonyl (C=O) groups excluding carboxylic acids is 1. The van der Waals surface area contributed by atoms with Gasteiger partial charge >= 0.3 is 5.97 Å². The normalized spacial score (nSPS) is 22.0. The third-order valence-corrected chi connectivity index (χ3v) is 7.74. The number of carbonyl (C=O) groups is 1. The van der Waals surface area contributed by atoms with Crippen LogP contribution >= 0.6 is 11.8 Å². The smallest absolute Gasteiger partial charge is 0.306 e. The molecule has 29 heavy (non-hydrogen) atoms. The lowest BCUT2D eigenvalue weighted by Crippen LogP contribution is -2.39. The molecule has 1 unspecified atom stereocenters. The Bertz CT molecular complexity index is 722. The SMILES string of the molecule is CCCCC(CC)COC(=O)CCSc1ccnc2c1OC[C@@H]1CC3(CC3)CN21. The van der Waals surface area contributed by atoms with Gasteiger partial charge in [0.1, 0.15) is 6.61 Å². The highest BCUT2D eigenvalue weighted by Gasteiger charge is 2.54. The van der Waals surface area contributed by atoms with Gasteiger partial charge in [0.2, 0.25) is 0 Å². The van der Waals surface area contributed by atoms with Crippen molar-refractivity contribution in [3.63, 3.8) is 0 Å². The second-order valence-electron chi connectivity index (χ2n) is 8.96. The Morgan fingerprint density at radius 2 is 2.31 bits per heavy atom. The number of pyridine rings is 1. The van der Waals surface area contributed by atoms with Crippen molar-refractivity contribution >= 4 is 23.5 Å². The van der Waals surface area contributed by atoms with E-state index in [0.717, 1.165) is 42.5 Å². The molecule has 2 aliphatic heterocycles. The van der Waals surface area contributed by atoms with Gasteiger partial charge in [-0.1, -0.05) is 33.1 Å². The molecule has 0 amide bonds. The van der Waals surface area contributed by atoms with E-state index in [-0.39, 0.29) is 5.97 Å². The fraction of sp³-hybridized carbons (Fsp3) is 0.739. The summed E-state index contributed by atoms with van der Waals surface area (Å²) >= 11 is 1.67. The molecule has 1 saturated carbocycles. The number of rotatable bonds is 10. The van der Waals surface area contributed by atoms with E-state index in [1.165, 1.54) is 32.1 Å². The molecule has 1 aromatic rings. The monoisotopic (exact) mass is 418 g/mol. The molecule has 2 atom stereocenters. The van der Waals surface area contributed by atoms with E-state index in [1.54, 1.807) is 11.8 Å². The molecule has 0 aromatic carbocycles. The van der Waals surface area contributed by atoms with Gasteiger partial charge in [0.15, 0.2) is 11.6 Å². The lowest BCUT2D eigenvalue weighted by Gasteiger charge is -2.33. The molecule has 1 aromatic heterocycles. The van der Waals surface area contributed by atoms with Gasteiger partial charge in [-0.25, -0.2) is 4.98 Å². The predicted molar refractivity (Wildman–Crippen MR) is 117 cm³/mol. The Hall–Kier alpha value is -1.43. The molecule has 0 radical (unpaired) electrons. The Labute approximate surface area is 178 Å². The molecule has 1 spiro atoms. The topological polar surface area (TPSA) is 51.7 Å². The van der Waals surface area contributed by atoms with Gasteiger partial charge in [-0.05, 0) is 43.1 Å². The van der Waals surface area contributed by atoms with Crippen LogP contribution in [0.5, 0.6) is 5.75 Å². The van der Waals surface area contributed by atoms with Crippen molar-refractivity contribution in [1.82, 2.24) is 4.98 Å². The first-order valence-corrected chi connectivity index (χ1v) is 12.3. The average molecular weight is 419 g/mol. The van der Waals surface area contributed by atoms with E-state index < -0.39 is 0 Å².